The number of hydrogen-bond donors (Lipinski definition) is 1. The summed E-state index contributed by atoms with van der Waals surface area (Å²) in [5.74, 6) is 0.843. The summed E-state index contributed by atoms with van der Waals surface area (Å²) in [6, 6.07) is 0.152. The third kappa shape index (κ3) is 2.45. The Morgan fingerprint density at radius 2 is 2.00 bits per heavy atom. The van der Waals surface area contributed by atoms with E-state index in [9.17, 15) is 13.2 Å². The molecule has 3 unspecified atom stereocenters. The Morgan fingerprint density at radius 1 is 1.27 bits per heavy atom. The fourth-order valence-electron chi connectivity index (χ4n) is 3.04. The van der Waals surface area contributed by atoms with Gasteiger partial charge in [-0.3, -0.25) is 4.90 Å². The van der Waals surface area contributed by atoms with Crippen molar-refractivity contribution in [1.82, 2.24) is 4.90 Å². The second-order valence-corrected chi connectivity index (χ2v) is 4.77. The molecule has 88 valence electrons. The Morgan fingerprint density at radius 3 is 2.60 bits per heavy atom. The van der Waals surface area contributed by atoms with E-state index in [4.69, 9.17) is 5.73 Å². The van der Waals surface area contributed by atoms with Crippen LogP contribution in [0.15, 0.2) is 0 Å². The molecule has 0 aromatic heterocycles. The van der Waals surface area contributed by atoms with E-state index in [1.807, 2.05) is 0 Å². The largest absolute Gasteiger partial charge is 0.401 e. The molecule has 2 bridgehead atoms. The molecule has 5 heteroatoms. The van der Waals surface area contributed by atoms with Gasteiger partial charge in [-0.15, -0.1) is 0 Å². The minimum Gasteiger partial charge on any atom is -0.330 e. The predicted molar refractivity (Wildman–Crippen MR) is 51.3 cm³/mol. The van der Waals surface area contributed by atoms with Crippen LogP contribution < -0.4 is 5.73 Å². The van der Waals surface area contributed by atoms with Crippen molar-refractivity contribution in [2.24, 2.45) is 17.6 Å². The fourth-order valence-corrected chi connectivity index (χ4v) is 3.04. The minimum atomic E-state index is -4.06. The number of fused-ring (bicyclic) bond motifs is 2. The van der Waals surface area contributed by atoms with Gasteiger partial charge in [-0.1, -0.05) is 0 Å². The molecule has 3 atom stereocenters. The van der Waals surface area contributed by atoms with Gasteiger partial charge >= 0.3 is 6.18 Å². The summed E-state index contributed by atoms with van der Waals surface area (Å²) in [4.78, 5) is 1.60. The Labute approximate surface area is 87.6 Å². The molecule has 2 N–H and O–H groups in total. The Kier molecular flexibility index (Phi) is 2.94. The van der Waals surface area contributed by atoms with Crippen LogP contribution in [0.4, 0.5) is 13.2 Å². The predicted octanol–water partition coefficient (Wildman–Crippen LogP) is 1.61. The second kappa shape index (κ2) is 3.94. The molecule has 1 aliphatic carbocycles. The van der Waals surface area contributed by atoms with Gasteiger partial charge in [0.2, 0.25) is 0 Å². The maximum absolute atomic E-state index is 12.3. The quantitative estimate of drug-likeness (QED) is 0.769. The fraction of sp³-hybridized carbons (Fsp3) is 1.00. The van der Waals surface area contributed by atoms with Gasteiger partial charge in [-0.05, 0) is 37.6 Å². The maximum Gasteiger partial charge on any atom is 0.401 e. The summed E-state index contributed by atoms with van der Waals surface area (Å²) < 4.78 is 36.8. The Hall–Kier alpha value is -0.290. The highest BCUT2D eigenvalue weighted by Gasteiger charge is 2.43. The molecule has 2 fully saturated rings. The van der Waals surface area contributed by atoms with Crippen molar-refractivity contribution in [2.45, 2.75) is 31.5 Å². The van der Waals surface area contributed by atoms with Crippen molar-refractivity contribution in [3.8, 4) is 0 Å². The van der Waals surface area contributed by atoms with E-state index in [2.05, 4.69) is 0 Å². The summed E-state index contributed by atoms with van der Waals surface area (Å²) in [7, 11) is 0. The van der Waals surface area contributed by atoms with Crippen LogP contribution in [-0.4, -0.2) is 36.8 Å². The zero-order valence-electron chi connectivity index (χ0n) is 8.63. The van der Waals surface area contributed by atoms with Crippen LogP contribution in [0.25, 0.3) is 0 Å². The standard InChI is InChI=1S/C10H17F3N2/c11-10(12,13)6-15-5-8-3-9(15)2-1-7(8)4-14/h7-9H,1-6,14H2. The maximum atomic E-state index is 12.3. The van der Waals surface area contributed by atoms with E-state index < -0.39 is 12.7 Å². The van der Waals surface area contributed by atoms with Gasteiger partial charge in [0.15, 0.2) is 0 Å². The highest BCUT2D eigenvalue weighted by molar-refractivity contribution is 4.94. The summed E-state index contributed by atoms with van der Waals surface area (Å²) in [5, 5.41) is 0. The van der Waals surface area contributed by atoms with Crippen LogP contribution in [-0.2, 0) is 0 Å². The van der Waals surface area contributed by atoms with E-state index in [1.54, 1.807) is 4.90 Å². The lowest BCUT2D eigenvalue weighted by atomic mass is 9.80. The smallest absolute Gasteiger partial charge is 0.330 e. The van der Waals surface area contributed by atoms with Crippen LogP contribution in [0, 0.1) is 11.8 Å². The minimum absolute atomic E-state index is 0.152. The SMILES string of the molecule is NCC1CCC2CC1CN2CC(F)(F)F. The van der Waals surface area contributed by atoms with Crippen molar-refractivity contribution in [3.05, 3.63) is 0 Å². The van der Waals surface area contributed by atoms with Gasteiger partial charge in [0.05, 0.1) is 6.54 Å². The number of hydrogen-bond acceptors (Lipinski definition) is 2. The number of nitrogens with zero attached hydrogens (tertiary/aromatic N) is 1. The van der Waals surface area contributed by atoms with Crippen molar-refractivity contribution in [3.63, 3.8) is 0 Å². The summed E-state index contributed by atoms with van der Waals surface area (Å²) >= 11 is 0. The highest BCUT2D eigenvalue weighted by Crippen LogP contribution is 2.40. The number of nitrogens with two attached hydrogens (primary N) is 1. The van der Waals surface area contributed by atoms with Gasteiger partial charge in [0.25, 0.3) is 0 Å². The molecular weight excluding hydrogens is 205 g/mol. The average Bonchev–Trinajstić information content (AvgIpc) is 2.42. The van der Waals surface area contributed by atoms with Gasteiger partial charge in [-0.25, -0.2) is 0 Å². The molecular formula is C10H17F3N2. The first-order chi connectivity index (χ1) is 6.99. The van der Waals surface area contributed by atoms with Crippen LogP contribution in [0.5, 0.6) is 0 Å². The molecule has 1 saturated carbocycles. The van der Waals surface area contributed by atoms with E-state index in [1.165, 1.54) is 0 Å². The van der Waals surface area contributed by atoms with Crippen molar-refractivity contribution in [2.75, 3.05) is 19.6 Å². The Bertz CT molecular complexity index is 229. The van der Waals surface area contributed by atoms with Gasteiger partial charge in [0, 0.05) is 12.6 Å². The molecule has 0 amide bonds. The van der Waals surface area contributed by atoms with E-state index in [0.29, 0.717) is 24.9 Å². The first kappa shape index (κ1) is 11.2. The summed E-state index contributed by atoms with van der Waals surface area (Å²) in [6.45, 7) is 0.467. The van der Waals surface area contributed by atoms with Crippen molar-refractivity contribution in [1.29, 1.82) is 0 Å². The van der Waals surface area contributed by atoms with Gasteiger partial charge < -0.3 is 5.73 Å². The van der Waals surface area contributed by atoms with Gasteiger partial charge in [-0.2, -0.15) is 13.2 Å². The number of halogens is 3. The van der Waals surface area contributed by atoms with E-state index in [-0.39, 0.29) is 6.04 Å². The lowest BCUT2D eigenvalue weighted by Gasteiger charge is -2.28. The number of likely N-dealkylation sites (tertiary alicyclic amines) is 1. The van der Waals surface area contributed by atoms with Gasteiger partial charge in [0.1, 0.15) is 0 Å². The molecule has 2 nitrogen and oxygen atoms in total. The molecule has 0 aromatic rings. The third-order valence-corrected chi connectivity index (χ3v) is 3.78. The second-order valence-electron chi connectivity index (χ2n) is 4.77. The van der Waals surface area contributed by atoms with Crippen LogP contribution >= 0.6 is 0 Å². The lowest BCUT2D eigenvalue weighted by Crippen LogP contribution is -2.37. The Balaban J connectivity index is 1.96. The topological polar surface area (TPSA) is 29.3 Å². The van der Waals surface area contributed by atoms with E-state index in [0.717, 1.165) is 19.3 Å². The first-order valence-electron chi connectivity index (χ1n) is 5.50. The molecule has 0 radical (unpaired) electrons. The van der Waals surface area contributed by atoms with Crippen LogP contribution in [0.2, 0.25) is 0 Å². The highest BCUT2D eigenvalue weighted by atomic mass is 19.4. The summed E-state index contributed by atoms with van der Waals surface area (Å²) in [5.41, 5.74) is 5.62. The number of rotatable bonds is 2. The molecule has 15 heavy (non-hydrogen) atoms. The zero-order chi connectivity index (χ0) is 11.1. The van der Waals surface area contributed by atoms with Crippen molar-refractivity contribution >= 4 is 0 Å². The first-order valence-corrected chi connectivity index (χ1v) is 5.50. The van der Waals surface area contributed by atoms with Crippen LogP contribution in [0.1, 0.15) is 19.3 Å². The van der Waals surface area contributed by atoms with Crippen molar-refractivity contribution < 1.29 is 13.2 Å². The normalized spacial score (nSPS) is 37.2. The molecule has 1 heterocycles. The molecule has 0 spiro atoms. The zero-order valence-corrected chi connectivity index (χ0v) is 8.63. The molecule has 0 aromatic carbocycles. The lowest BCUT2D eigenvalue weighted by molar-refractivity contribution is -0.147. The molecule has 2 rings (SSSR count). The third-order valence-electron chi connectivity index (χ3n) is 3.78. The van der Waals surface area contributed by atoms with Crippen LogP contribution in [0.3, 0.4) is 0 Å². The van der Waals surface area contributed by atoms with E-state index >= 15 is 0 Å². The molecule has 1 saturated heterocycles. The average molecular weight is 222 g/mol. The summed E-state index contributed by atoms with van der Waals surface area (Å²) in [6.07, 6.45) is -1.26. The molecule has 2 aliphatic rings. The monoisotopic (exact) mass is 222 g/mol. The number of alkyl halides is 3. The molecule has 1 aliphatic heterocycles.